The maximum absolute atomic E-state index is 11.1. The summed E-state index contributed by atoms with van der Waals surface area (Å²) in [6.45, 7) is 5.29. The van der Waals surface area contributed by atoms with Gasteiger partial charge >= 0.3 is 0 Å². The van der Waals surface area contributed by atoms with Gasteiger partial charge in [0.15, 0.2) is 21.3 Å². The molecule has 0 aromatic heterocycles. The Morgan fingerprint density at radius 1 is 1.29 bits per heavy atom. The molecule has 0 fully saturated rings. The van der Waals surface area contributed by atoms with Gasteiger partial charge in [-0.3, -0.25) is 0 Å². The Bertz CT molecular complexity index is 543. The van der Waals surface area contributed by atoms with Crippen molar-refractivity contribution in [1.82, 2.24) is 5.32 Å². The average molecular weight is 315 g/mol. The molecule has 1 aromatic rings. The molecule has 0 saturated carbocycles. The quantitative estimate of drug-likeness (QED) is 0.756. The fraction of sp³-hybridized carbons (Fsp3) is 0.600. The first kappa shape index (κ1) is 17.8. The van der Waals surface area contributed by atoms with Crippen LogP contribution in [0, 0.1) is 0 Å². The molecule has 21 heavy (non-hydrogen) atoms. The van der Waals surface area contributed by atoms with Crippen LogP contribution in [0.15, 0.2) is 18.2 Å². The predicted octanol–water partition coefficient (Wildman–Crippen LogP) is 2.18. The van der Waals surface area contributed by atoms with Crippen molar-refractivity contribution in [3.63, 3.8) is 0 Å². The molecule has 6 heteroatoms. The minimum atomic E-state index is -3.02. The van der Waals surface area contributed by atoms with E-state index in [2.05, 4.69) is 19.2 Å². The maximum Gasteiger partial charge on any atom is 0.161 e. The van der Waals surface area contributed by atoms with Crippen LogP contribution in [0.5, 0.6) is 11.5 Å². The van der Waals surface area contributed by atoms with Gasteiger partial charge in [0.2, 0.25) is 0 Å². The molecule has 0 radical (unpaired) electrons. The van der Waals surface area contributed by atoms with Crippen LogP contribution in [0.1, 0.15) is 31.9 Å². The lowest BCUT2D eigenvalue weighted by atomic mass is 10.1. The summed E-state index contributed by atoms with van der Waals surface area (Å²) < 4.78 is 33.0. The lowest BCUT2D eigenvalue weighted by Gasteiger charge is -2.16. The lowest BCUT2D eigenvalue weighted by Crippen LogP contribution is -2.19. The summed E-state index contributed by atoms with van der Waals surface area (Å²) in [5.74, 6) is 1.17. The highest BCUT2D eigenvalue weighted by Crippen LogP contribution is 2.30. The number of methoxy groups -OCH3 is 1. The number of nitrogens with one attached hydrogen (secondary N) is 1. The molecule has 0 spiro atoms. The van der Waals surface area contributed by atoms with Gasteiger partial charge in [0, 0.05) is 12.3 Å². The molecule has 0 aliphatic rings. The fourth-order valence-electron chi connectivity index (χ4n) is 1.85. The Labute approximate surface area is 127 Å². The van der Waals surface area contributed by atoms with E-state index in [0.29, 0.717) is 11.5 Å². The van der Waals surface area contributed by atoms with E-state index >= 15 is 0 Å². The molecule has 1 aromatic carbocycles. The largest absolute Gasteiger partial charge is 0.493 e. The number of hydrogen-bond acceptors (Lipinski definition) is 5. The van der Waals surface area contributed by atoms with E-state index in [1.165, 1.54) is 6.26 Å². The zero-order chi connectivity index (χ0) is 15.9. The number of hydrogen-bond donors (Lipinski definition) is 1. The first-order valence-corrected chi connectivity index (χ1v) is 9.15. The van der Waals surface area contributed by atoms with E-state index in [1.54, 1.807) is 7.11 Å². The summed E-state index contributed by atoms with van der Waals surface area (Å²) in [7, 11) is -1.45. The highest BCUT2D eigenvalue weighted by molar-refractivity contribution is 7.90. The van der Waals surface area contributed by atoms with Gasteiger partial charge in [0.25, 0.3) is 0 Å². The van der Waals surface area contributed by atoms with E-state index in [1.807, 2.05) is 18.2 Å². The van der Waals surface area contributed by atoms with Crippen molar-refractivity contribution in [2.45, 2.75) is 26.3 Å². The molecule has 1 rings (SSSR count). The van der Waals surface area contributed by atoms with E-state index in [4.69, 9.17) is 9.47 Å². The van der Waals surface area contributed by atoms with Gasteiger partial charge in [-0.15, -0.1) is 0 Å². The zero-order valence-corrected chi connectivity index (χ0v) is 14.0. The summed E-state index contributed by atoms with van der Waals surface area (Å²) in [5, 5.41) is 3.41. The fourth-order valence-corrected chi connectivity index (χ4v) is 2.24. The second kappa shape index (κ2) is 8.24. The molecule has 0 bridgehead atoms. The zero-order valence-electron chi connectivity index (χ0n) is 13.2. The number of benzene rings is 1. The smallest absolute Gasteiger partial charge is 0.161 e. The van der Waals surface area contributed by atoms with Gasteiger partial charge in [0.05, 0.1) is 12.9 Å². The van der Waals surface area contributed by atoms with Crippen LogP contribution in [0.2, 0.25) is 0 Å². The van der Waals surface area contributed by atoms with Crippen molar-refractivity contribution in [2.75, 3.05) is 32.3 Å². The molecule has 1 atom stereocenters. The predicted molar refractivity (Wildman–Crippen MR) is 84.9 cm³/mol. The van der Waals surface area contributed by atoms with Crippen LogP contribution in [0.4, 0.5) is 0 Å². The maximum atomic E-state index is 11.1. The minimum absolute atomic E-state index is 0.00758. The molecule has 0 aliphatic heterocycles. The van der Waals surface area contributed by atoms with Gasteiger partial charge in [-0.25, -0.2) is 8.42 Å². The molecular formula is C15H25NO4S. The molecule has 0 aliphatic carbocycles. The van der Waals surface area contributed by atoms with E-state index < -0.39 is 9.84 Å². The molecule has 5 nitrogen and oxygen atoms in total. The standard InChI is InChI=1S/C15H25NO4S/c1-5-8-16-12(2)13-6-7-14(15(11-13)19-3)20-9-10-21(4,17)18/h6-7,11-12,16H,5,8-10H2,1-4H3. The summed E-state index contributed by atoms with van der Waals surface area (Å²) in [6, 6.07) is 5.93. The van der Waals surface area contributed by atoms with Crippen molar-refractivity contribution >= 4 is 9.84 Å². The number of ether oxygens (including phenoxy) is 2. The monoisotopic (exact) mass is 315 g/mol. The summed E-state index contributed by atoms with van der Waals surface area (Å²) in [4.78, 5) is 0. The number of sulfone groups is 1. The third kappa shape index (κ3) is 6.35. The number of rotatable bonds is 9. The van der Waals surface area contributed by atoms with Crippen molar-refractivity contribution < 1.29 is 17.9 Å². The second-order valence-electron chi connectivity index (χ2n) is 5.06. The Hall–Kier alpha value is -1.27. The van der Waals surface area contributed by atoms with Gasteiger partial charge in [-0.1, -0.05) is 13.0 Å². The van der Waals surface area contributed by atoms with E-state index in [9.17, 15) is 8.42 Å². The Morgan fingerprint density at radius 3 is 2.57 bits per heavy atom. The third-order valence-electron chi connectivity index (χ3n) is 3.10. The molecule has 0 saturated heterocycles. The van der Waals surface area contributed by atoms with E-state index in [-0.39, 0.29) is 18.4 Å². The second-order valence-corrected chi connectivity index (χ2v) is 7.32. The van der Waals surface area contributed by atoms with Gasteiger partial charge in [-0.05, 0) is 37.6 Å². The van der Waals surface area contributed by atoms with Crippen LogP contribution in [0.3, 0.4) is 0 Å². The van der Waals surface area contributed by atoms with Crippen molar-refractivity contribution in [2.24, 2.45) is 0 Å². The van der Waals surface area contributed by atoms with Gasteiger partial charge in [0.1, 0.15) is 6.61 Å². The highest BCUT2D eigenvalue weighted by Gasteiger charge is 2.11. The molecular weight excluding hydrogens is 290 g/mol. The highest BCUT2D eigenvalue weighted by atomic mass is 32.2. The van der Waals surface area contributed by atoms with Crippen LogP contribution < -0.4 is 14.8 Å². The molecule has 0 heterocycles. The first-order valence-electron chi connectivity index (χ1n) is 7.09. The first-order chi connectivity index (χ1) is 9.87. The molecule has 120 valence electrons. The Kier molecular flexibility index (Phi) is 6.98. The topological polar surface area (TPSA) is 64.6 Å². The lowest BCUT2D eigenvalue weighted by molar-refractivity contribution is 0.311. The average Bonchev–Trinajstić information content (AvgIpc) is 2.43. The molecule has 1 unspecified atom stereocenters. The molecule has 0 amide bonds. The Morgan fingerprint density at radius 2 is 2.00 bits per heavy atom. The van der Waals surface area contributed by atoms with Crippen molar-refractivity contribution in [3.8, 4) is 11.5 Å². The SMILES string of the molecule is CCCNC(C)c1ccc(OCCS(C)(=O)=O)c(OC)c1. The minimum Gasteiger partial charge on any atom is -0.493 e. The normalized spacial score (nSPS) is 13.0. The Balaban J connectivity index is 2.74. The van der Waals surface area contributed by atoms with Gasteiger partial charge < -0.3 is 14.8 Å². The summed E-state index contributed by atoms with van der Waals surface area (Å²) in [5.41, 5.74) is 1.11. The summed E-state index contributed by atoms with van der Waals surface area (Å²) in [6.07, 6.45) is 2.27. The van der Waals surface area contributed by atoms with Crippen molar-refractivity contribution in [3.05, 3.63) is 23.8 Å². The molecule has 1 N–H and O–H groups in total. The van der Waals surface area contributed by atoms with Gasteiger partial charge in [-0.2, -0.15) is 0 Å². The van der Waals surface area contributed by atoms with Crippen molar-refractivity contribution in [1.29, 1.82) is 0 Å². The van der Waals surface area contributed by atoms with Crippen LogP contribution in [0.25, 0.3) is 0 Å². The van der Waals surface area contributed by atoms with Crippen LogP contribution in [-0.4, -0.2) is 40.7 Å². The van der Waals surface area contributed by atoms with Crippen LogP contribution in [-0.2, 0) is 9.84 Å². The third-order valence-corrected chi connectivity index (χ3v) is 4.01. The summed E-state index contributed by atoms with van der Waals surface area (Å²) >= 11 is 0. The van der Waals surface area contributed by atoms with E-state index in [0.717, 1.165) is 18.5 Å². The van der Waals surface area contributed by atoms with Crippen LogP contribution >= 0.6 is 0 Å².